The Labute approximate surface area is 124 Å². The highest BCUT2D eigenvalue weighted by molar-refractivity contribution is 5.74. The number of amides is 2. The van der Waals surface area contributed by atoms with E-state index in [2.05, 4.69) is 39.9 Å². The Morgan fingerprint density at radius 3 is 2.25 bits per heavy atom. The molecule has 3 heteroatoms. The van der Waals surface area contributed by atoms with Crippen LogP contribution in [0, 0.1) is 23.2 Å². The van der Waals surface area contributed by atoms with E-state index in [4.69, 9.17) is 0 Å². The van der Waals surface area contributed by atoms with Crippen molar-refractivity contribution in [2.45, 2.75) is 66.3 Å². The molecular formula is C17H32N2O. The Hall–Kier alpha value is -0.730. The second-order valence-corrected chi connectivity index (χ2v) is 7.50. The van der Waals surface area contributed by atoms with Crippen molar-refractivity contribution in [2.75, 3.05) is 13.1 Å². The Balaban J connectivity index is 1.92. The van der Waals surface area contributed by atoms with Gasteiger partial charge in [-0.15, -0.1) is 0 Å². The van der Waals surface area contributed by atoms with Gasteiger partial charge in [-0.2, -0.15) is 0 Å². The topological polar surface area (TPSA) is 32.3 Å². The molecule has 116 valence electrons. The van der Waals surface area contributed by atoms with E-state index < -0.39 is 0 Å². The fourth-order valence-corrected chi connectivity index (χ4v) is 4.45. The van der Waals surface area contributed by atoms with Crippen LogP contribution in [0.3, 0.4) is 0 Å². The van der Waals surface area contributed by atoms with Gasteiger partial charge in [-0.1, -0.05) is 34.6 Å². The summed E-state index contributed by atoms with van der Waals surface area (Å²) in [6.45, 7) is 13.2. The van der Waals surface area contributed by atoms with Crippen molar-refractivity contribution in [1.82, 2.24) is 10.2 Å². The van der Waals surface area contributed by atoms with Crippen LogP contribution in [-0.2, 0) is 0 Å². The van der Waals surface area contributed by atoms with Crippen molar-refractivity contribution in [3.05, 3.63) is 0 Å². The van der Waals surface area contributed by atoms with E-state index in [0.29, 0.717) is 17.4 Å². The number of hydrogen-bond donors (Lipinski definition) is 1. The van der Waals surface area contributed by atoms with Gasteiger partial charge in [0.25, 0.3) is 0 Å². The molecule has 0 unspecified atom stereocenters. The monoisotopic (exact) mass is 280 g/mol. The van der Waals surface area contributed by atoms with Gasteiger partial charge in [-0.3, -0.25) is 0 Å². The van der Waals surface area contributed by atoms with Crippen molar-refractivity contribution in [3.8, 4) is 0 Å². The molecule has 0 aliphatic heterocycles. The van der Waals surface area contributed by atoms with Crippen molar-refractivity contribution >= 4 is 6.03 Å². The Morgan fingerprint density at radius 1 is 1.20 bits per heavy atom. The minimum atomic E-state index is 0.157. The SMILES string of the molecule is CCCN(CCC)C(=O)N[C@@H]1C[C@@H]2C[C@H]([C@H]1C)C2(C)C. The summed E-state index contributed by atoms with van der Waals surface area (Å²) in [5, 5.41) is 3.32. The summed E-state index contributed by atoms with van der Waals surface area (Å²) in [6.07, 6.45) is 4.61. The molecule has 0 aromatic heterocycles. The van der Waals surface area contributed by atoms with Crippen LogP contribution < -0.4 is 5.32 Å². The molecule has 4 atom stereocenters. The molecule has 0 aromatic rings. The van der Waals surface area contributed by atoms with Gasteiger partial charge >= 0.3 is 6.03 Å². The number of carbonyl (C=O) groups is 1. The van der Waals surface area contributed by atoms with E-state index in [0.717, 1.165) is 37.8 Å². The van der Waals surface area contributed by atoms with Crippen LogP contribution in [0.4, 0.5) is 4.79 Å². The lowest BCUT2D eigenvalue weighted by atomic mass is 9.45. The Morgan fingerprint density at radius 2 is 1.80 bits per heavy atom. The maximum Gasteiger partial charge on any atom is 0.317 e. The molecule has 2 bridgehead atoms. The third-order valence-corrected chi connectivity index (χ3v) is 5.94. The zero-order valence-corrected chi connectivity index (χ0v) is 13.9. The molecule has 3 fully saturated rings. The summed E-state index contributed by atoms with van der Waals surface area (Å²) < 4.78 is 0. The molecule has 1 N–H and O–H groups in total. The van der Waals surface area contributed by atoms with E-state index in [9.17, 15) is 4.79 Å². The summed E-state index contributed by atoms with van der Waals surface area (Å²) in [7, 11) is 0. The summed E-state index contributed by atoms with van der Waals surface area (Å²) in [6, 6.07) is 0.542. The lowest BCUT2D eigenvalue weighted by Crippen LogP contribution is -2.61. The fourth-order valence-electron chi connectivity index (χ4n) is 4.45. The number of nitrogens with zero attached hydrogens (tertiary/aromatic N) is 1. The van der Waals surface area contributed by atoms with Crippen LogP contribution in [0.25, 0.3) is 0 Å². The second-order valence-electron chi connectivity index (χ2n) is 7.50. The quantitative estimate of drug-likeness (QED) is 0.814. The lowest BCUT2D eigenvalue weighted by Gasteiger charge is -2.62. The number of hydrogen-bond acceptors (Lipinski definition) is 1. The molecule has 0 radical (unpaired) electrons. The van der Waals surface area contributed by atoms with Gasteiger partial charge in [0.1, 0.15) is 0 Å². The first-order valence-electron chi connectivity index (χ1n) is 8.47. The van der Waals surface area contributed by atoms with E-state index in [1.807, 2.05) is 4.90 Å². The van der Waals surface area contributed by atoms with E-state index in [-0.39, 0.29) is 6.03 Å². The predicted molar refractivity (Wildman–Crippen MR) is 83.6 cm³/mol. The normalized spacial score (nSPS) is 34.2. The molecule has 0 saturated heterocycles. The molecule has 0 spiro atoms. The van der Waals surface area contributed by atoms with E-state index in [1.54, 1.807) is 0 Å². The molecule has 20 heavy (non-hydrogen) atoms. The molecular weight excluding hydrogens is 248 g/mol. The smallest absolute Gasteiger partial charge is 0.317 e. The first-order chi connectivity index (χ1) is 9.41. The van der Waals surface area contributed by atoms with E-state index in [1.165, 1.54) is 12.8 Å². The molecule has 2 amide bonds. The van der Waals surface area contributed by atoms with Crippen molar-refractivity contribution in [1.29, 1.82) is 0 Å². The lowest BCUT2D eigenvalue weighted by molar-refractivity contribution is -0.113. The minimum Gasteiger partial charge on any atom is -0.335 e. The van der Waals surface area contributed by atoms with Gasteiger partial charge < -0.3 is 10.2 Å². The highest BCUT2D eigenvalue weighted by Crippen LogP contribution is 2.61. The summed E-state index contributed by atoms with van der Waals surface area (Å²) in [5.74, 6) is 2.21. The van der Waals surface area contributed by atoms with Crippen molar-refractivity contribution in [2.24, 2.45) is 23.2 Å². The number of urea groups is 1. The molecule has 3 aliphatic rings. The predicted octanol–water partition coefficient (Wildman–Crippen LogP) is 3.89. The van der Waals surface area contributed by atoms with Gasteiger partial charge in [-0.05, 0) is 48.9 Å². The molecule has 3 rings (SSSR count). The van der Waals surface area contributed by atoms with Gasteiger partial charge in [-0.25, -0.2) is 4.79 Å². The first kappa shape index (κ1) is 15.7. The summed E-state index contributed by atoms with van der Waals surface area (Å²) in [4.78, 5) is 14.4. The zero-order chi connectivity index (χ0) is 14.9. The van der Waals surface area contributed by atoms with Crippen LogP contribution in [0.2, 0.25) is 0 Å². The average molecular weight is 280 g/mol. The summed E-state index contributed by atoms with van der Waals surface area (Å²) in [5.41, 5.74) is 0.493. The average Bonchev–Trinajstić information content (AvgIpc) is 2.40. The maximum atomic E-state index is 12.4. The molecule has 0 aromatic carbocycles. The number of fused-ring (bicyclic) bond motifs is 2. The number of rotatable bonds is 5. The zero-order valence-electron chi connectivity index (χ0n) is 13.9. The van der Waals surface area contributed by atoms with Crippen LogP contribution in [0.5, 0.6) is 0 Å². The van der Waals surface area contributed by atoms with Crippen LogP contribution >= 0.6 is 0 Å². The van der Waals surface area contributed by atoms with Crippen LogP contribution in [-0.4, -0.2) is 30.1 Å². The van der Waals surface area contributed by atoms with Gasteiger partial charge in [0, 0.05) is 19.1 Å². The molecule has 3 nitrogen and oxygen atoms in total. The third kappa shape index (κ3) is 2.68. The van der Waals surface area contributed by atoms with Gasteiger partial charge in [0.15, 0.2) is 0 Å². The van der Waals surface area contributed by atoms with E-state index >= 15 is 0 Å². The van der Waals surface area contributed by atoms with Crippen LogP contribution in [0.15, 0.2) is 0 Å². The number of nitrogens with one attached hydrogen (secondary N) is 1. The van der Waals surface area contributed by atoms with Crippen molar-refractivity contribution in [3.63, 3.8) is 0 Å². The molecule has 0 heterocycles. The second kappa shape index (κ2) is 5.95. The Kier molecular flexibility index (Phi) is 4.66. The van der Waals surface area contributed by atoms with Crippen LogP contribution in [0.1, 0.15) is 60.3 Å². The third-order valence-electron chi connectivity index (χ3n) is 5.94. The number of carbonyl (C=O) groups excluding carboxylic acids is 1. The fraction of sp³-hybridized carbons (Fsp3) is 0.941. The Bertz CT molecular complexity index is 347. The summed E-state index contributed by atoms with van der Waals surface area (Å²) >= 11 is 0. The minimum absolute atomic E-state index is 0.157. The van der Waals surface area contributed by atoms with Crippen molar-refractivity contribution < 1.29 is 4.79 Å². The largest absolute Gasteiger partial charge is 0.335 e. The highest BCUT2D eigenvalue weighted by atomic mass is 16.2. The first-order valence-corrected chi connectivity index (χ1v) is 8.47. The standard InChI is InChI=1S/C17H32N2O/c1-6-8-19(9-7-2)16(20)18-15-11-13-10-14(12(15)3)17(13,4)5/h12-15H,6-11H2,1-5H3,(H,18,20)/t12-,13+,14-,15-/m1/s1. The maximum absolute atomic E-state index is 12.4. The van der Waals surface area contributed by atoms with Gasteiger partial charge in [0.05, 0.1) is 0 Å². The molecule has 3 saturated carbocycles. The molecule has 3 aliphatic carbocycles. The highest BCUT2D eigenvalue weighted by Gasteiger charge is 2.56. The van der Waals surface area contributed by atoms with Gasteiger partial charge in [0.2, 0.25) is 0 Å².